The molecule has 3 aromatic rings. The van der Waals surface area contributed by atoms with Gasteiger partial charge in [0.25, 0.3) is 0 Å². The monoisotopic (exact) mass is 501 g/mol. The molecule has 3 aromatic carbocycles. The number of rotatable bonds is 9. The van der Waals surface area contributed by atoms with Crippen LogP contribution in [-0.4, -0.2) is 30.2 Å². The number of hydrogen-bond donors (Lipinski definition) is 1. The van der Waals surface area contributed by atoms with Crippen LogP contribution in [0.3, 0.4) is 0 Å². The second kappa shape index (κ2) is 11.7. The van der Waals surface area contributed by atoms with Crippen molar-refractivity contribution in [3.8, 4) is 11.1 Å². The summed E-state index contributed by atoms with van der Waals surface area (Å²) in [5, 5.41) is 2.64. The molecule has 7 nitrogen and oxygen atoms in total. The van der Waals surface area contributed by atoms with E-state index in [4.69, 9.17) is 14.2 Å². The van der Waals surface area contributed by atoms with E-state index in [1.165, 1.54) is 18.1 Å². The smallest absolute Gasteiger partial charge is 0.408 e. The van der Waals surface area contributed by atoms with Gasteiger partial charge in [0.05, 0.1) is 0 Å². The number of alkyl carbamates (subject to hydrolysis) is 1. The van der Waals surface area contributed by atoms with Crippen LogP contribution in [0, 0.1) is 5.92 Å². The predicted octanol–water partition coefficient (Wildman–Crippen LogP) is 5.18. The predicted molar refractivity (Wildman–Crippen MR) is 138 cm³/mol. The lowest BCUT2D eigenvalue weighted by Crippen LogP contribution is -2.49. The number of fused-ring (bicyclic) bond motifs is 3. The van der Waals surface area contributed by atoms with Crippen molar-refractivity contribution in [2.45, 2.75) is 52.6 Å². The summed E-state index contributed by atoms with van der Waals surface area (Å²) in [6.07, 6.45) is -0.613. The number of hydrogen-bond acceptors (Lipinski definition) is 6. The fraction of sp³-hybridized carbons (Fsp3) is 0.300. The maximum absolute atomic E-state index is 13.0. The standard InChI is InChI=1S/C30H31NO6/c1-19(20(2)37-21(3)32)28(29(33)35-17-22-10-5-4-6-11-22)31-30(34)36-18-24-13-9-15-26-25-14-8-7-12-23(25)16-27(24)26/h4-15,19-20,28H,16-18H2,1-3H3,(H,31,34)/t19-,20-,28-/m0/s1. The molecule has 192 valence electrons. The molecular weight excluding hydrogens is 470 g/mol. The normalized spacial score (nSPS) is 13.9. The Kier molecular flexibility index (Phi) is 8.23. The molecule has 0 saturated carbocycles. The lowest BCUT2D eigenvalue weighted by Gasteiger charge is -2.27. The van der Waals surface area contributed by atoms with Gasteiger partial charge in [-0.1, -0.05) is 79.7 Å². The Balaban J connectivity index is 1.42. The quantitative estimate of drug-likeness (QED) is 0.251. The molecule has 0 unspecified atom stereocenters. The van der Waals surface area contributed by atoms with Crippen molar-refractivity contribution in [1.82, 2.24) is 5.32 Å². The molecule has 1 amide bonds. The van der Waals surface area contributed by atoms with Gasteiger partial charge >= 0.3 is 18.0 Å². The average Bonchev–Trinajstić information content (AvgIpc) is 3.28. The molecule has 3 atom stereocenters. The molecule has 0 spiro atoms. The highest BCUT2D eigenvalue weighted by molar-refractivity contribution is 5.82. The fourth-order valence-electron chi connectivity index (χ4n) is 4.53. The summed E-state index contributed by atoms with van der Waals surface area (Å²) in [4.78, 5) is 37.3. The van der Waals surface area contributed by atoms with Gasteiger partial charge in [0.15, 0.2) is 0 Å². The number of ether oxygens (including phenoxy) is 3. The zero-order valence-electron chi connectivity index (χ0n) is 21.2. The molecule has 0 aromatic heterocycles. The Bertz CT molecular complexity index is 1270. The summed E-state index contributed by atoms with van der Waals surface area (Å²) in [5.41, 5.74) is 6.43. The van der Waals surface area contributed by atoms with Gasteiger partial charge in [-0.15, -0.1) is 0 Å². The SMILES string of the molecule is CC(=O)O[C@@H](C)[C@H](C)[C@H](NC(=O)OCc1cccc2c1Cc1ccccc1-2)C(=O)OCc1ccccc1. The Hall–Kier alpha value is -4.13. The van der Waals surface area contributed by atoms with E-state index in [0.29, 0.717) is 0 Å². The van der Waals surface area contributed by atoms with E-state index in [1.807, 2.05) is 54.6 Å². The molecule has 0 radical (unpaired) electrons. The summed E-state index contributed by atoms with van der Waals surface area (Å²) < 4.78 is 16.3. The number of benzene rings is 3. The number of carbonyl (C=O) groups is 3. The van der Waals surface area contributed by atoms with Crippen molar-refractivity contribution in [1.29, 1.82) is 0 Å². The molecule has 1 aliphatic rings. The first-order valence-corrected chi connectivity index (χ1v) is 12.3. The van der Waals surface area contributed by atoms with Crippen LogP contribution in [0.5, 0.6) is 0 Å². The molecule has 1 aliphatic carbocycles. The van der Waals surface area contributed by atoms with Gasteiger partial charge in [-0.25, -0.2) is 9.59 Å². The molecule has 0 saturated heterocycles. The van der Waals surface area contributed by atoms with Crippen LogP contribution in [0.1, 0.15) is 43.0 Å². The second-order valence-corrected chi connectivity index (χ2v) is 9.24. The van der Waals surface area contributed by atoms with Crippen LogP contribution >= 0.6 is 0 Å². The number of carbonyl (C=O) groups excluding carboxylic acids is 3. The lowest BCUT2D eigenvalue weighted by atomic mass is 9.96. The number of nitrogens with one attached hydrogen (secondary N) is 1. The Labute approximate surface area is 216 Å². The van der Waals surface area contributed by atoms with Crippen LogP contribution in [0.25, 0.3) is 11.1 Å². The highest BCUT2D eigenvalue weighted by atomic mass is 16.6. The topological polar surface area (TPSA) is 90.9 Å². The molecule has 0 aliphatic heterocycles. The van der Waals surface area contributed by atoms with E-state index in [2.05, 4.69) is 23.5 Å². The summed E-state index contributed by atoms with van der Waals surface area (Å²) in [6.45, 7) is 4.79. The minimum absolute atomic E-state index is 0.0538. The summed E-state index contributed by atoms with van der Waals surface area (Å²) in [5.74, 6) is -1.67. The molecule has 0 fully saturated rings. The minimum Gasteiger partial charge on any atom is -0.462 e. The maximum atomic E-state index is 13.0. The Morgan fingerprint density at radius 3 is 2.30 bits per heavy atom. The van der Waals surface area contributed by atoms with E-state index >= 15 is 0 Å². The van der Waals surface area contributed by atoms with E-state index in [-0.39, 0.29) is 13.2 Å². The van der Waals surface area contributed by atoms with Crippen LogP contribution in [0.15, 0.2) is 72.8 Å². The van der Waals surface area contributed by atoms with Crippen molar-refractivity contribution in [2.75, 3.05) is 0 Å². The zero-order valence-corrected chi connectivity index (χ0v) is 21.2. The Morgan fingerprint density at radius 2 is 1.54 bits per heavy atom. The van der Waals surface area contributed by atoms with Gasteiger partial charge in [-0.2, -0.15) is 0 Å². The van der Waals surface area contributed by atoms with Gasteiger partial charge in [0.2, 0.25) is 0 Å². The summed E-state index contributed by atoms with van der Waals surface area (Å²) >= 11 is 0. The molecule has 1 N–H and O–H groups in total. The van der Waals surface area contributed by atoms with E-state index in [9.17, 15) is 14.4 Å². The number of amides is 1. The average molecular weight is 502 g/mol. The van der Waals surface area contributed by atoms with Gasteiger partial charge in [0.1, 0.15) is 25.4 Å². The van der Waals surface area contributed by atoms with Crippen molar-refractivity contribution in [3.63, 3.8) is 0 Å². The third-order valence-corrected chi connectivity index (χ3v) is 6.68. The van der Waals surface area contributed by atoms with Crippen molar-refractivity contribution in [3.05, 3.63) is 95.1 Å². The molecule has 7 heteroatoms. The van der Waals surface area contributed by atoms with Crippen LogP contribution in [0.2, 0.25) is 0 Å². The van der Waals surface area contributed by atoms with Crippen LogP contribution in [0.4, 0.5) is 4.79 Å². The van der Waals surface area contributed by atoms with E-state index < -0.39 is 36.1 Å². The van der Waals surface area contributed by atoms with E-state index in [1.54, 1.807) is 13.8 Å². The number of esters is 2. The Morgan fingerprint density at radius 1 is 0.838 bits per heavy atom. The summed E-state index contributed by atoms with van der Waals surface area (Å²) in [7, 11) is 0. The van der Waals surface area contributed by atoms with Crippen molar-refractivity contribution < 1.29 is 28.6 Å². The highest BCUT2D eigenvalue weighted by Crippen LogP contribution is 2.38. The third-order valence-electron chi connectivity index (χ3n) is 6.68. The third kappa shape index (κ3) is 6.36. The van der Waals surface area contributed by atoms with Crippen LogP contribution in [-0.2, 0) is 43.4 Å². The first-order valence-electron chi connectivity index (χ1n) is 12.3. The minimum atomic E-state index is -1.07. The molecule has 0 heterocycles. The van der Waals surface area contributed by atoms with Crippen molar-refractivity contribution in [2.24, 2.45) is 5.92 Å². The molecule has 4 rings (SSSR count). The van der Waals surface area contributed by atoms with Crippen LogP contribution < -0.4 is 5.32 Å². The van der Waals surface area contributed by atoms with Gasteiger partial charge in [-0.05, 0) is 46.7 Å². The van der Waals surface area contributed by atoms with Crippen molar-refractivity contribution >= 4 is 18.0 Å². The zero-order chi connectivity index (χ0) is 26.4. The molecule has 0 bridgehead atoms. The van der Waals surface area contributed by atoms with Gasteiger partial charge in [0, 0.05) is 12.8 Å². The van der Waals surface area contributed by atoms with Gasteiger partial charge < -0.3 is 19.5 Å². The molecular formula is C30H31NO6. The maximum Gasteiger partial charge on any atom is 0.408 e. The summed E-state index contributed by atoms with van der Waals surface area (Å²) in [6, 6.07) is 22.4. The highest BCUT2D eigenvalue weighted by Gasteiger charge is 2.34. The van der Waals surface area contributed by atoms with Gasteiger partial charge in [-0.3, -0.25) is 4.79 Å². The lowest BCUT2D eigenvalue weighted by molar-refractivity contribution is -0.155. The van der Waals surface area contributed by atoms with E-state index in [0.717, 1.165) is 28.7 Å². The first kappa shape index (κ1) is 25.9. The fourth-order valence-corrected chi connectivity index (χ4v) is 4.53. The molecule has 37 heavy (non-hydrogen) atoms. The largest absolute Gasteiger partial charge is 0.462 e. The second-order valence-electron chi connectivity index (χ2n) is 9.24. The first-order chi connectivity index (χ1) is 17.8.